The van der Waals surface area contributed by atoms with Crippen LogP contribution in [-0.4, -0.2) is 24.5 Å². The molecule has 0 radical (unpaired) electrons. The topological polar surface area (TPSA) is 72.6 Å². The minimum absolute atomic E-state index is 0.0100. The lowest BCUT2D eigenvalue weighted by molar-refractivity contribution is -0.121. The molecule has 7 heteroatoms. The maximum absolute atomic E-state index is 13.8. The van der Waals surface area contributed by atoms with Crippen LogP contribution in [0.5, 0.6) is 11.5 Å². The lowest BCUT2D eigenvalue weighted by atomic mass is 9.96. The first kappa shape index (κ1) is 17.5. The molecule has 0 aliphatic carbocycles. The summed E-state index contributed by atoms with van der Waals surface area (Å²) in [5, 5.41) is 9.99. The van der Waals surface area contributed by atoms with Crippen LogP contribution in [0, 0.1) is 5.82 Å². The summed E-state index contributed by atoms with van der Waals surface area (Å²) in [7, 11) is 1.50. The van der Waals surface area contributed by atoms with Crippen LogP contribution in [0.3, 0.4) is 0 Å². The number of fused-ring (bicyclic) bond motifs is 1. The normalized spacial score (nSPS) is 12.8. The summed E-state index contributed by atoms with van der Waals surface area (Å²) in [4.78, 5) is 11.4. The number of nitrogens with two attached hydrogens (primary N) is 1. The summed E-state index contributed by atoms with van der Waals surface area (Å²) in [5.74, 6) is -0.462. The van der Waals surface area contributed by atoms with E-state index in [1.807, 2.05) is 0 Å². The second-order valence-electron chi connectivity index (χ2n) is 4.70. The van der Waals surface area contributed by atoms with Crippen LogP contribution in [0.25, 0.3) is 11.1 Å². The Bertz CT molecular complexity index is 765. The van der Waals surface area contributed by atoms with Crippen molar-refractivity contribution in [2.45, 2.75) is 6.42 Å². The lowest BCUT2D eigenvalue weighted by Gasteiger charge is -2.21. The Morgan fingerprint density at radius 3 is 2.65 bits per heavy atom. The summed E-state index contributed by atoms with van der Waals surface area (Å²) in [6.07, 6.45) is 0.0914. The number of hydrogen-bond donors (Lipinski definition) is 2. The van der Waals surface area contributed by atoms with E-state index in [1.165, 1.54) is 31.3 Å². The lowest BCUT2D eigenvalue weighted by Crippen LogP contribution is -2.21. The zero-order valence-electron chi connectivity index (χ0n) is 12.2. The molecule has 3 N–H and O–H groups in total. The van der Waals surface area contributed by atoms with Crippen molar-refractivity contribution < 1.29 is 19.0 Å². The molecule has 0 saturated heterocycles. The van der Waals surface area contributed by atoms with E-state index in [1.54, 1.807) is 0 Å². The fraction of sp³-hybridized carbons (Fsp3) is 0.188. The highest BCUT2D eigenvalue weighted by Gasteiger charge is 2.25. The molecular weight excluding hydrogens is 344 g/mol. The molecular formula is C16H14Cl2FNO3. The van der Waals surface area contributed by atoms with Gasteiger partial charge in [0.1, 0.15) is 23.9 Å². The van der Waals surface area contributed by atoms with Gasteiger partial charge >= 0.3 is 0 Å². The van der Waals surface area contributed by atoms with E-state index in [4.69, 9.17) is 27.9 Å². The monoisotopic (exact) mass is 357 g/mol. The maximum atomic E-state index is 13.8. The standard InChI is InChI=1S/C15H9Cl2FO3.CH5N/c16-11-1-2-12(20)14(17)13(11)10-5-8(18)3-7-4-9(19)6-21-15(7)10;1-2/h1-3,5,20H,4,6H2;2H2,1H3. The van der Waals surface area contributed by atoms with Crippen molar-refractivity contribution in [3.63, 3.8) is 0 Å². The molecule has 1 aliphatic rings. The fourth-order valence-electron chi connectivity index (χ4n) is 2.34. The van der Waals surface area contributed by atoms with Gasteiger partial charge in [-0.05, 0) is 31.3 Å². The molecule has 0 aromatic heterocycles. The highest BCUT2D eigenvalue weighted by atomic mass is 35.5. The highest BCUT2D eigenvalue weighted by molar-refractivity contribution is 6.40. The van der Waals surface area contributed by atoms with Crippen molar-refractivity contribution in [3.05, 3.63) is 45.7 Å². The Morgan fingerprint density at radius 1 is 1.26 bits per heavy atom. The summed E-state index contributed by atoms with van der Waals surface area (Å²) >= 11 is 12.2. The molecule has 2 aromatic carbocycles. The molecule has 0 fully saturated rings. The van der Waals surface area contributed by atoms with E-state index in [2.05, 4.69) is 5.73 Å². The van der Waals surface area contributed by atoms with E-state index in [-0.39, 0.29) is 40.2 Å². The third-order valence-electron chi connectivity index (χ3n) is 3.24. The van der Waals surface area contributed by atoms with Gasteiger partial charge < -0.3 is 15.6 Å². The first-order valence-corrected chi connectivity index (χ1v) is 7.45. The van der Waals surface area contributed by atoms with Gasteiger partial charge in [-0.2, -0.15) is 0 Å². The van der Waals surface area contributed by atoms with Gasteiger partial charge in [-0.25, -0.2) is 4.39 Å². The van der Waals surface area contributed by atoms with Crippen LogP contribution >= 0.6 is 23.2 Å². The van der Waals surface area contributed by atoms with Crippen molar-refractivity contribution in [2.24, 2.45) is 5.73 Å². The van der Waals surface area contributed by atoms with Crippen molar-refractivity contribution >= 4 is 29.0 Å². The first-order chi connectivity index (χ1) is 11.0. The number of ether oxygens (including phenoxy) is 1. The third-order valence-corrected chi connectivity index (χ3v) is 3.93. The summed E-state index contributed by atoms with van der Waals surface area (Å²) in [5.41, 5.74) is 5.54. The van der Waals surface area contributed by atoms with Crippen LogP contribution in [0.4, 0.5) is 4.39 Å². The number of aromatic hydroxyl groups is 1. The van der Waals surface area contributed by atoms with Crippen LogP contribution < -0.4 is 10.5 Å². The number of halogens is 3. The zero-order chi connectivity index (χ0) is 17.1. The van der Waals surface area contributed by atoms with E-state index >= 15 is 0 Å². The van der Waals surface area contributed by atoms with Gasteiger partial charge in [-0.1, -0.05) is 23.2 Å². The van der Waals surface area contributed by atoms with Gasteiger partial charge in [-0.3, -0.25) is 4.79 Å². The minimum atomic E-state index is -0.530. The van der Waals surface area contributed by atoms with E-state index in [9.17, 15) is 14.3 Å². The molecule has 23 heavy (non-hydrogen) atoms. The first-order valence-electron chi connectivity index (χ1n) is 6.69. The van der Waals surface area contributed by atoms with Gasteiger partial charge in [-0.15, -0.1) is 0 Å². The average Bonchev–Trinajstić information content (AvgIpc) is 2.52. The van der Waals surface area contributed by atoms with Crippen molar-refractivity contribution in [2.75, 3.05) is 13.7 Å². The van der Waals surface area contributed by atoms with Gasteiger partial charge in [0.15, 0.2) is 5.78 Å². The molecule has 0 saturated carbocycles. The summed E-state index contributed by atoms with van der Waals surface area (Å²) < 4.78 is 19.2. The molecule has 0 unspecified atom stereocenters. The van der Waals surface area contributed by atoms with Gasteiger partial charge in [0.25, 0.3) is 0 Å². The molecule has 1 aliphatic heterocycles. The summed E-state index contributed by atoms with van der Waals surface area (Å²) in [6.45, 7) is -0.0836. The molecule has 4 nitrogen and oxygen atoms in total. The van der Waals surface area contributed by atoms with E-state index in [0.717, 1.165) is 0 Å². The molecule has 2 aromatic rings. The number of phenolic OH excluding ortho intramolecular Hbond substituents is 1. The predicted molar refractivity (Wildman–Crippen MR) is 87.8 cm³/mol. The Hall–Kier alpha value is -1.82. The highest BCUT2D eigenvalue weighted by Crippen LogP contribution is 2.45. The quantitative estimate of drug-likeness (QED) is 0.817. The minimum Gasteiger partial charge on any atom is -0.506 e. The predicted octanol–water partition coefficient (Wildman–Crippen LogP) is 3.58. The number of rotatable bonds is 1. The van der Waals surface area contributed by atoms with Crippen molar-refractivity contribution in [1.82, 2.24) is 0 Å². The summed E-state index contributed by atoms with van der Waals surface area (Å²) in [6, 6.07) is 5.29. The molecule has 0 bridgehead atoms. The smallest absolute Gasteiger partial charge is 0.174 e. The van der Waals surface area contributed by atoms with Crippen molar-refractivity contribution in [3.8, 4) is 22.6 Å². The number of Topliss-reactive ketones (excluding diaryl/α,β-unsaturated/α-hetero) is 1. The van der Waals surface area contributed by atoms with E-state index < -0.39 is 5.82 Å². The number of hydrogen-bond acceptors (Lipinski definition) is 4. The second-order valence-corrected chi connectivity index (χ2v) is 5.49. The van der Waals surface area contributed by atoms with Gasteiger partial charge in [0, 0.05) is 23.1 Å². The van der Waals surface area contributed by atoms with Crippen LogP contribution in [-0.2, 0) is 11.2 Å². The maximum Gasteiger partial charge on any atom is 0.174 e. The Balaban J connectivity index is 0.000000924. The zero-order valence-corrected chi connectivity index (χ0v) is 13.7. The molecule has 3 rings (SSSR count). The number of carbonyl (C=O) groups is 1. The molecule has 122 valence electrons. The Morgan fingerprint density at radius 2 is 1.96 bits per heavy atom. The second kappa shape index (κ2) is 7.17. The Labute approximate surface area is 142 Å². The average molecular weight is 358 g/mol. The van der Waals surface area contributed by atoms with Gasteiger partial charge in [0.2, 0.25) is 0 Å². The number of ketones is 1. The fourth-order valence-corrected chi connectivity index (χ4v) is 2.92. The van der Waals surface area contributed by atoms with Gasteiger partial charge in [0.05, 0.1) is 10.0 Å². The largest absolute Gasteiger partial charge is 0.506 e. The van der Waals surface area contributed by atoms with Crippen LogP contribution in [0.2, 0.25) is 10.0 Å². The molecule has 0 amide bonds. The van der Waals surface area contributed by atoms with Crippen LogP contribution in [0.1, 0.15) is 5.56 Å². The third kappa shape index (κ3) is 3.42. The van der Waals surface area contributed by atoms with Crippen molar-refractivity contribution in [1.29, 1.82) is 0 Å². The molecule has 0 spiro atoms. The van der Waals surface area contributed by atoms with E-state index in [0.29, 0.717) is 16.9 Å². The molecule has 1 heterocycles. The molecule has 0 atom stereocenters. The number of phenols is 1. The SMILES string of the molecule is CN.O=C1COc2c(cc(F)cc2-c2c(Cl)ccc(O)c2Cl)C1. The number of carbonyl (C=O) groups excluding carboxylic acids is 1. The number of benzene rings is 2. The van der Waals surface area contributed by atoms with Crippen LogP contribution in [0.15, 0.2) is 24.3 Å². The Kier molecular flexibility index (Phi) is 5.46.